The van der Waals surface area contributed by atoms with Gasteiger partial charge in [-0.15, -0.1) is 0 Å². The highest BCUT2D eigenvalue weighted by molar-refractivity contribution is 6.30. The normalized spacial score (nSPS) is 14.2. The van der Waals surface area contributed by atoms with Gasteiger partial charge in [-0.1, -0.05) is 23.7 Å². The summed E-state index contributed by atoms with van der Waals surface area (Å²) in [5.41, 5.74) is 2.87. The molecule has 0 radical (unpaired) electrons. The fourth-order valence-corrected chi connectivity index (χ4v) is 3.03. The van der Waals surface area contributed by atoms with Crippen LogP contribution >= 0.6 is 11.6 Å². The molecule has 3 nitrogen and oxygen atoms in total. The zero-order valence-electron chi connectivity index (χ0n) is 13.8. The predicted molar refractivity (Wildman–Crippen MR) is 100 cm³/mol. The SMILES string of the molecule is Cc1cccc(N(CC(=O)c2ccc(Cl)cc2)C2=NCCCC2)c1. The number of aryl methyl sites for hydroxylation is 1. The van der Waals surface area contributed by atoms with Crippen molar-refractivity contribution in [3.05, 3.63) is 64.7 Å². The van der Waals surface area contributed by atoms with Gasteiger partial charge in [-0.05, 0) is 61.7 Å². The van der Waals surface area contributed by atoms with Crippen molar-refractivity contribution >= 4 is 28.9 Å². The molecule has 2 aromatic carbocycles. The minimum absolute atomic E-state index is 0.0708. The quantitative estimate of drug-likeness (QED) is 0.740. The van der Waals surface area contributed by atoms with E-state index in [9.17, 15) is 4.79 Å². The molecule has 0 N–H and O–H groups in total. The maximum absolute atomic E-state index is 12.7. The first-order valence-corrected chi connectivity index (χ1v) is 8.67. The zero-order valence-corrected chi connectivity index (χ0v) is 14.6. The van der Waals surface area contributed by atoms with E-state index in [0.29, 0.717) is 17.1 Å². The molecule has 0 amide bonds. The van der Waals surface area contributed by atoms with Gasteiger partial charge in [-0.2, -0.15) is 0 Å². The van der Waals surface area contributed by atoms with Crippen LogP contribution in [0, 0.1) is 6.92 Å². The lowest BCUT2D eigenvalue weighted by Gasteiger charge is -2.28. The second kappa shape index (κ2) is 7.63. The van der Waals surface area contributed by atoms with Gasteiger partial charge in [0.2, 0.25) is 0 Å². The van der Waals surface area contributed by atoms with E-state index < -0.39 is 0 Å². The first-order chi connectivity index (χ1) is 11.6. The van der Waals surface area contributed by atoms with Gasteiger partial charge in [0.05, 0.1) is 6.54 Å². The summed E-state index contributed by atoms with van der Waals surface area (Å²) >= 11 is 5.92. The molecule has 1 heterocycles. The summed E-state index contributed by atoms with van der Waals surface area (Å²) in [6.07, 6.45) is 3.16. The monoisotopic (exact) mass is 340 g/mol. The van der Waals surface area contributed by atoms with Crippen LogP contribution in [0.25, 0.3) is 0 Å². The lowest BCUT2D eigenvalue weighted by Crippen LogP contribution is -2.37. The molecule has 0 atom stereocenters. The van der Waals surface area contributed by atoms with Crippen LogP contribution in [0.2, 0.25) is 5.02 Å². The van der Waals surface area contributed by atoms with Gasteiger partial charge in [0.15, 0.2) is 5.78 Å². The average molecular weight is 341 g/mol. The van der Waals surface area contributed by atoms with Gasteiger partial charge in [0.1, 0.15) is 5.84 Å². The third kappa shape index (κ3) is 4.04. The number of benzene rings is 2. The Kier molecular flexibility index (Phi) is 5.31. The van der Waals surface area contributed by atoms with Gasteiger partial charge in [0, 0.05) is 29.2 Å². The van der Waals surface area contributed by atoms with Crippen LogP contribution in [-0.2, 0) is 0 Å². The minimum Gasteiger partial charge on any atom is -0.322 e. The van der Waals surface area contributed by atoms with Crippen molar-refractivity contribution in [2.75, 3.05) is 18.0 Å². The highest BCUT2D eigenvalue weighted by Gasteiger charge is 2.20. The van der Waals surface area contributed by atoms with E-state index in [4.69, 9.17) is 11.6 Å². The summed E-state index contributed by atoms with van der Waals surface area (Å²) in [6, 6.07) is 15.3. The van der Waals surface area contributed by atoms with E-state index >= 15 is 0 Å². The van der Waals surface area contributed by atoms with E-state index in [1.807, 2.05) is 12.1 Å². The topological polar surface area (TPSA) is 32.7 Å². The van der Waals surface area contributed by atoms with Crippen LogP contribution in [0.3, 0.4) is 0 Å². The number of amidine groups is 1. The van der Waals surface area contributed by atoms with E-state index in [2.05, 4.69) is 28.9 Å². The lowest BCUT2D eigenvalue weighted by molar-refractivity contribution is 0.100. The Morgan fingerprint density at radius 2 is 1.96 bits per heavy atom. The number of hydrogen-bond donors (Lipinski definition) is 0. The lowest BCUT2D eigenvalue weighted by atomic mass is 10.1. The molecule has 0 saturated carbocycles. The number of ketones is 1. The highest BCUT2D eigenvalue weighted by Crippen LogP contribution is 2.21. The molecule has 4 heteroatoms. The summed E-state index contributed by atoms with van der Waals surface area (Å²) in [5, 5.41) is 0.638. The molecule has 1 aliphatic heterocycles. The zero-order chi connectivity index (χ0) is 16.9. The van der Waals surface area contributed by atoms with E-state index in [-0.39, 0.29) is 5.78 Å². The summed E-state index contributed by atoms with van der Waals surface area (Å²) in [5.74, 6) is 1.08. The van der Waals surface area contributed by atoms with Crippen molar-refractivity contribution in [2.45, 2.75) is 26.2 Å². The number of anilines is 1. The fourth-order valence-electron chi connectivity index (χ4n) is 2.90. The predicted octanol–water partition coefficient (Wildman–Crippen LogP) is 4.92. The molecule has 1 aliphatic rings. The third-order valence-corrected chi connectivity index (χ3v) is 4.45. The fraction of sp³-hybridized carbons (Fsp3) is 0.300. The van der Waals surface area contributed by atoms with Crippen molar-refractivity contribution in [1.29, 1.82) is 0 Å². The molecular formula is C20H21ClN2O. The molecule has 124 valence electrons. The smallest absolute Gasteiger partial charge is 0.182 e. The van der Waals surface area contributed by atoms with Crippen molar-refractivity contribution in [3.63, 3.8) is 0 Å². The molecule has 3 rings (SSSR count). The molecule has 24 heavy (non-hydrogen) atoms. The second-order valence-corrected chi connectivity index (χ2v) is 6.55. The average Bonchev–Trinajstić information content (AvgIpc) is 2.61. The van der Waals surface area contributed by atoms with Gasteiger partial charge < -0.3 is 4.90 Å². The van der Waals surface area contributed by atoms with Gasteiger partial charge >= 0.3 is 0 Å². The Labute approximate surface area is 148 Å². The van der Waals surface area contributed by atoms with Crippen LogP contribution in [0.4, 0.5) is 5.69 Å². The number of Topliss-reactive ketones (excluding diaryl/α,β-unsaturated/α-hetero) is 1. The number of nitrogens with zero attached hydrogens (tertiary/aromatic N) is 2. The molecule has 0 aliphatic carbocycles. The Balaban J connectivity index is 1.88. The van der Waals surface area contributed by atoms with Crippen molar-refractivity contribution in [2.24, 2.45) is 4.99 Å². The van der Waals surface area contributed by atoms with Crippen LogP contribution in [0.5, 0.6) is 0 Å². The molecule has 2 aromatic rings. The van der Waals surface area contributed by atoms with Crippen molar-refractivity contribution in [3.8, 4) is 0 Å². The number of halogens is 1. The summed E-state index contributed by atoms with van der Waals surface area (Å²) in [7, 11) is 0. The Morgan fingerprint density at radius 3 is 2.62 bits per heavy atom. The Bertz CT molecular complexity index is 752. The van der Waals surface area contributed by atoms with Crippen molar-refractivity contribution in [1.82, 2.24) is 0 Å². The molecule has 0 aromatic heterocycles. The summed E-state index contributed by atoms with van der Waals surface area (Å²) in [6.45, 7) is 3.20. The second-order valence-electron chi connectivity index (χ2n) is 6.11. The molecule has 0 bridgehead atoms. The number of aliphatic imine (C=N–C) groups is 1. The number of carbonyl (C=O) groups is 1. The van der Waals surface area contributed by atoms with Gasteiger partial charge in [0.25, 0.3) is 0 Å². The molecule has 0 fully saturated rings. The first-order valence-electron chi connectivity index (χ1n) is 8.30. The number of carbonyl (C=O) groups excluding carboxylic acids is 1. The number of hydrogen-bond acceptors (Lipinski definition) is 3. The minimum atomic E-state index is 0.0708. The summed E-state index contributed by atoms with van der Waals surface area (Å²) < 4.78 is 0. The highest BCUT2D eigenvalue weighted by atomic mass is 35.5. The van der Waals surface area contributed by atoms with E-state index in [1.165, 1.54) is 5.56 Å². The van der Waals surface area contributed by atoms with Crippen molar-refractivity contribution < 1.29 is 4.79 Å². The molecule has 0 spiro atoms. The van der Waals surface area contributed by atoms with Crippen LogP contribution < -0.4 is 4.90 Å². The maximum atomic E-state index is 12.7. The standard InChI is InChI=1S/C20H21ClN2O/c1-15-5-4-6-18(13-15)23(20-7-2-3-12-22-20)14-19(24)16-8-10-17(21)11-9-16/h4-6,8-11,13H,2-3,7,12,14H2,1H3. The Morgan fingerprint density at radius 1 is 1.17 bits per heavy atom. The molecule has 0 unspecified atom stereocenters. The first kappa shape index (κ1) is 16.7. The molecular weight excluding hydrogens is 320 g/mol. The van der Waals surface area contributed by atoms with Crippen LogP contribution in [0.15, 0.2) is 53.5 Å². The maximum Gasteiger partial charge on any atom is 0.182 e. The van der Waals surface area contributed by atoms with E-state index in [0.717, 1.165) is 37.3 Å². The van der Waals surface area contributed by atoms with Gasteiger partial charge in [-0.3, -0.25) is 9.79 Å². The molecule has 0 saturated heterocycles. The number of rotatable bonds is 4. The van der Waals surface area contributed by atoms with E-state index in [1.54, 1.807) is 24.3 Å². The largest absolute Gasteiger partial charge is 0.322 e. The van der Waals surface area contributed by atoms with Gasteiger partial charge in [-0.25, -0.2) is 0 Å². The van der Waals surface area contributed by atoms with Crippen LogP contribution in [0.1, 0.15) is 35.2 Å². The Hall–Kier alpha value is -2.13. The third-order valence-electron chi connectivity index (χ3n) is 4.20. The van der Waals surface area contributed by atoms with Crippen LogP contribution in [-0.4, -0.2) is 24.7 Å². The summed E-state index contributed by atoms with van der Waals surface area (Å²) in [4.78, 5) is 19.5.